The first-order valence-corrected chi connectivity index (χ1v) is 6.05. The minimum absolute atomic E-state index is 0.213. The van der Waals surface area contributed by atoms with E-state index >= 15 is 0 Å². The molecule has 2 aromatic rings. The predicted octanol–water partition coefficient (Wildman–Crippen LogP) is 3.47. The zero-order chi connectivity index (χ0) is 14.0. The molecule has 1 amide bonds. The minimum atomic E-state index is -0.617. The molecule has 0 saturated carbocycles. The number of ether oxygens (including phenoxy) is 1. The lowest BCUT2D eigenvalue weighted by atomic mass is 10.1. The van der Waals surface area contributed by atoms with E-state index in [1.54, 1.807) is 18.2 Å². The van der Waals surface area contributed by atoms with E-state index in [1.807, 2.05) is 0 Å². The van der Waals surface area contributed by atoms with Gasteiger partial charge in [-0.2, -0.15) is 0 Å². The first-order valence-electron chi connectivity index (χ1n) is 5.29. The molecule has 0 bridgehead atoms. The molecule has 0 aromatic heterocycles. The Morgan fingerprint density at radius 1 is 1.05 bits per heavy atom. The fourth-order valence-electron chi connectivity index (χ4n) is 1.50. The van der Waals surface area contributed by atoms with Gasteiger partial charge in [0, 0.05) is 22.8 Å². The summed E-state index contributed by atoms with van der Waals surface area (Å²) >= 11 is 11.8. The molecule has 2 aromatic carbocycles. The molecule has 0 spiro atoms. The van der Waals surface area contributed by atoms with Crippen LogP contribution in [0.15, 0.2) is 36.4 Å². The average Bonchev–Trinajstić information content (AvgIpc) is 2.33. The quantitative estimate of drug-likeness (QED) is 0.851. The van der Waals surface area contributed by atoms with E-state index in [-0.39, 0.29) is 11.3 Å². The van der Waals surface area contributed by atoms with Crippen molar-refractivity contribution in [3.63, 3.8) is 0 Å². The third-order valence-corrected chi connectivity index (χ3v) is 2.93. The average molecular weight is 297 g/mol. The fraction of sp³-hybridized carbons (Fsp3) is 0. The summed E-state index contributed by atoms with van der Waals surface area (Å²) in [5.41, 5.74) is 11.6. The number of carbonyl (C=O) groups excluding carboxylic acids is 1. The van der Waals surface area contributed by atoms with E-state index in [0.29, 0.717) is 21.5 Å². The van der Waals surface area contributed by atoms with Crippen molar-refractivity contribution in [1.29, 1.82) is 0 Å². The standard InChI is InChI=1S/C13H10Cl2N2O2/c14-7-1-4-10(15)12(5-7)19-11-6-8(16)2-3-9(11)13(17)18/h1-6H,16H2,(H2,17,18). The Labute approximate surface area is 119 Å². The molecular formula is C13H10Cl2N2O2. The maximum Gasteiger partial charge on any atom is 0.252 e. The summed E-state index contributed by atoms with van der Waals surface area (Å²) < 4.78 is 5.57. The Morgan fingerprint density at radius 3 is 2.47 bits per heavy atom. The second kappa shape index (κ2) is 5.38. The number of benzene rings is 2. The Kier molecular flexibility index (Phi) is 3.83. The van der Waals surface area contributed by atoms with Crippen LogP contribution < -0.4 is 16.2 Å². The van der Waals surface area contributed by atoms with Gasteiger partial charge in [-0.25, -0.2) is 0 Å². The Hall–Kier alpha value is -1.91. The highest BCUT2D eigenvalue weighted by atomic mass is 35.5. The van der Waals surface area contributed by atoms with Crippen molar-refractivity contribution >= 4 is 34.8 Å². The summed E-state index contributed by atoms with van der Waals surface area (Å²) in [6.07, 6.45) is 0. The van der Waals surface area contributed by atoms with Crippen LogP contribution in [-0.4, -0.2) is 5.91 Å². The Bertz CT molecular complexity index is 645. The fourth-order valence-corrected chi connectivity index (χ4v) is 1.82. The maximum atomic E-state index is 11.3. The third-order valence-electron chi connectivity index (χ3n) is 2.38. The first-order chi connectivity index (χ1) is 8.97. The van der Waals surface area contributed by atoms with E-state index in [9.17, 15) is 4.79 Å². The lowest BCUT2D eigenvalue weighted by Crippen LogP contribution is -2.12. The van der Waals surface area contributed by atoms with Crippen molar-refractivity contribution in [2.24, 2.45) is 5.73 Å². The van der Waals surface area contributed by atoms with E-state index in [0.717, 1.165) is 0 Å². The molecule has 0 aliphatic heterocycles. The summed E-state index contributed by atoms with van der Waals surface area (Å²) in [6, 6.07) is 9.31. The van der Waals surface area contributed by atoms with Crippen molar-refractivity contribution in [3.8, 4) is 11.5 Å². The molecule has 0 aliphatic carbocycles. The predicted molar refractivity (Wildman–Crippen MR) is 75.9 cm³/mol. The molecular weight excluding hydrogens is 287 g/mol. The number of nitrogens with two attached hydrogens (primary N) is 2. The van der Waals surface area contributed by atoms with Gasteiger partial charge in [-0.15, -0.1) is 0 Å². The number of halogens is 2. The molecule has 98 valence electrons. The van der Waals surface area contributed by atoms with Gasteiger partial charge in [0.2, 0.25) is 0 Å². The van der Waals surface area contributed by atoms with Crippen LogP contribution in [0.2, 0.25) is 10.0 Å². The molecule has 0 heterocycles. The number of hydrogen-bond donors (Lipinski definition) is 2. The van der Waals surface area contributed by atoms with Crippen LogP contribution in [-0.2, 0) is 0 Å². The second-order valence-corrected chi connectivity index (χ2v) is 4.64. The molecule has 0 fully saturated rings. The molecule has 19 heavy (non-hydrogen) atoms. The molecule has 0 atom stereocenters. The zero-order valence-corrected chi connectivity index (χ0v) is 11.2. The van der Waals surface area contributed by atoms with Crippen molar-refractivity contribution < 1.29 is 9.53 Å². The summed E-state index contributed by atoms with van der Waals surface area (Å²) in [5.74, 6) is -0.0629. The summed E-state index contributed by atoms with van der Waals surface area (Å²) in [5, 5.41) is 0.825. The smallest absolute Gasteiger partial charge is 0.252 e. The number of carbonyl (C=O) groups is 1. The number of rotatable bonds is 3. The second-order valence-electron chi connectivity index (χ2n) is 3.80. The van der Waals surface area contributed by atoms with Gasteiger partial charge in [-0.3, -0.25) is 4.79 Å². The van der Waals surface area contributed by atoms with Crippen molar-refractivity contribution in [2.75, 3.05) is 5.73 Å². The zero-order valence-electron chi connectivity index (χ0n) is 9.69. The summed E-state index contributed by atoms with van der Waals surface area (Å²) in [4.78, 5) is 11.3. The van der Waals surface area contributed by atoms with Crippen LogP contribution in [0.4, 0.5) is 5.69 Å². The van der Waals surface area contributed by atoms with Crippen LogP contribution in [0.25, 0.3) is 0 Å². The molecule has 2 rings (SSSR count). The summed E-state index contributed by atoms with van der Waals surface area (Å²) in [7, 11) is 0. The van der Waals surface area contributed by atoms with Gasteiger partial charge in [0.25, 0.3) is 5.91 Å². The molecule has 0 aliphatic rings. The van der Waals surface area contributed by atoms with Crippen LogP contribution in [0, 0.1) is 0 Å². The van der Waals surface area contributed by atoms with Gasteiger partial charge in [0.05, 0.1) is 10.6 Å². The lowest BCUT2D eigenvalue weighted by molar-refractivity contribution is 0.0998. The largest absolute Gasteiger partial charge is 0.455 e. The molecule has 0 unspecified atom stereocenters. The number of anilines is 1. The monoisotopic (exact) mass is 296 g/mol. The normalized spacial score (nSPS) is 10.2. The highest BCUT2D eigenvalue weighted by Crippen LogP contribution is 2.34. The van der Waals surface area contributed by atoms with Crippen molar-refractivity contribution in [1.82, 2.24) is 0 Å². The van der Waals surface area contributed by atoms with Crippen molar-refractivity contribution in [3.05, 3.63) is 52.0 Å². The number of hydrogen-bond acceptors (Lipinski definition) is 3. The lowest BCUT2D eigenvalue weighted by Gasteiger charge is -2.11. The molecule has 0 saturated heterocycles. The highest BCUT2D eigenvalue weighted by Gasteiger charge is 2.12. The highest BCUT2D eigenvalue weighted by molar-refractivity contribution is 6.34. The SMILES string of the molecule is NC(=O)c1ccc(N)cc1Oc1cc(Cl)ccc1Cl. The molecule has 4 nitrogen and oxygen atoms in total. The number of nitrogen functional groups attached to an aromatic ring is 1. The van der Waals surface area contributed by atoms with Crippen LogP contribution in [0.3, 0.4) is 0 Å². The van der Waals surface area contributed by atoms with Crippen molar-refractivity contribution in [2.45, 2.75) is 0 Å². The van der Waals surface area contributed by atoms with Crippen LogP contribution in [0.5, 0.6) is 11.5 Å². The van der Waals surface area contributed by atoms with Gasteiger partial charge in [-0.05, 0) is 24.3 Å². The maximum absolute atomic E-state index is 11.3. The van der Waals surface area contributed by atoms with Crippen LogP contribution >= 0.6 is 23.2 Å². The van der Waals surface area contributed by atoms with Gasteiger partial charge in [0.15, 0.2) is 0 Å². The third kappa shape index (κ3) is 3.10. The minimum Gasteiger partial charge on any atom is -0.455 e. The Balaban J connectivity index is 2.45. The Morgan fingerprint density at radius 2 is 1.79 bits per heavy atom. The van der Waals surface area contributed by atoms with Gasteiger partial charge in [0.1, 0.15) is 11.5 Å². The van der Waals surface area contributed by atoms with Gasteiger partial charge >= 0.3 is 0 Å². The number of amides is 1. The van der Waals surface area contributed by atoms with E-state index in [1.165, 1.54) is 18.2 Å². The molecule has 0 radical (unpaired) electrons. The van der Waals surface area contributed by atoms with Crippen LogP contribution in [0.1, 0.15) is 10.4 Å². The van der Waals surface area contributed by atoms with Gasteiger partial charge < -0.3 is 16.2 Å². The number of primary amides is 1. The molecule has 6 heteroatoms. The molecule has 4 N–H and O–H groups in total. The topological polar surface area (TPSA) is 78.3 Å². The van der Waals surface area contributed by atoms with Gasteiger partial charge in [-0.1, -0.05) is 23.2 Å². The van der Waals surface area contributed by atoms with E-state index in [4.69, 9.17) is 39.4 Å². The summed E-state index contributed by atoms with van der Waals surface area (Å²) in [6.45, 7) is 0. The van der Waals surface area contributed by atoms with E-state index < -0.39 is 5.91 Å². The van der Waals surface area contributed by atoms with E-state index in [2.05, 4.69) is 0 Å². The first kappa shape index (κ1) is 13.5.